The van der Waals surface area contributed by atoms with Crippen molar-refractivity contribution >= 4 is 34.1 Å². The molecule has 1 atom stereocenters. The van der Waals surface area contributed by atoms with Gasteiger partial charge in [0.1, 0.15) is 23.2 Å². The smallest absolute Gasteiger partial charge is 0.249 e. The van der Waals surface area contributed by atoms with Gasteiger partial charge in [-0.15, -0.1) is 0 Å². The molecule has 0 spiro atoms. The maximum Gasteiger partial charge on any atom is 0.249 e. The van der Waals surface area contributed by atoms with Crippen molar-refractivity contribution in [3.05, 3.63) is 71.8 Å². The molecule has 6 nitrogen and oxygen atoms in total. The van der Waals surface area contributed by atoms with E-state index in [1.807, 2.05) is 42.5 Å². The Morgan fingerprint density at radius 2 is 1.81 bits per heavy atom. The first-order valence-electron chi connectivity index (χ1n) is 9.78. The van der Waals surface area contributed by atoms with Crippen LogP contribution in [0.2, 0.25) is 5.02 Å². The number of benzene rings is 3. The summed E-state index contributed by atoms with van der Waals surface area (Å²) in [5.74, 6) is 0.940. The lowest BCUT2D eigenvalue weighted by Crippen LogP contribution is -2.24. The third kappa shape index (κ3) is 4.07. The number of methoxy groups -OCH3 is 2. The highest BCUT2D eigenvalue weighted by Crippen LogP contribution is 2.33. The van der Waals surface area contributed by atoms with Crippen molar-refractivity contribution in [2.45, 2.75) is 13.0 Å². The average molecular weight is 436 g/mol. The first-order chi connectivity index (χ1) is 15.0. The van der Waals surface area contributed by atoms with Gasteiger partial charge in [0.15, 0.2) is 0 Å². The van der Waals surface area contributed by atoms with Crippen LogP contribution in [-0.2, 0) is 4.79 Å². The zero-order valence-electron chi connectivity index (χ0n) is 17.4. The quantitative estimate of drug-likeness (QED) is 0.429. The fourth-order valence-electron chi connectivity index (χ4n) is 3.47. The molecule has 0 saturated carbocycles. The zero-order chi connectivity index (χ0) is 22.0. The normalized spacial score (nSPS) is 11.9. The monoisotopic (exact) mass is 435 g/mol. The lowest BCUT2D eigenvalue weighted by molar-refractivity contribution is -0.119. The van der Waals surface area contributed by atoms with Gasteiger partial charge in [-0.25, -0.2) is 0 Å². The summed E-state index contributed by atoms with van der Waals surface area (Å²) < 4.78 is 12.3. The van der Waals surface area contributed by atoms with Gasteiger partial charge in [0.25, 0.3) is 0 Å². The molecular weight excluding hydrogens is 414 g/mol. The third-order valence-corrected chi connectivity index (χ3v) is 5.36. The Hall–Kier alpha value is -3.51. The van der Waals surface area contributed by atoms with Crippen LogP contribution < -0.4 is 14.8 Å². The number of ether oxygens (including phenoxy) is 2. The summed E-state index contributed by atoms with van der Waals surface area (Å²) >= 11 is 6.25. The standard InChI is InChI=1S/C24H22ClN3O3/c1-15(24(29)26-20-11-10-18(30-2)14-22(20)31-3)28-21-12-9-17(25)13-19(21)23(27-28)16-7-5-4-6-8-16/h4-15H,1-3H3,(H,26,29)/t15-/m0/s1. The van der Waals surface area contributed by atoms with E-state index in [0.29, 0.717) is 22.2 Å². The van der Waals surface area contributed by atoms with Gasteiger partial charge in [-0.2, -0.15) is 5.10 Å². The maximum absolute atomic E-state index is 13.1. The van der Waals surface area contributed by atoms with Crippen LogP contribution in [0.25, 0.3) is 22.2 Å². The third-order valence-electron chi connectivity index (χ3n) is 5.13. The van der Waals surface area contributed by atoms with Gasteiger partial charge in [-0.1, -0.05) is 41.9 Å². The summed E-state index contributed by atoms with van der Waals surface area (Å²) in [5.41, 5.74) is 3.12. The molecule has 3 aromatic carbocycles. The van der Waals surface area contributed by atoms with Crippen LogP contribution in [0, 0.1) is 0 Å². The molecule has 31 heavy (non-hydrogen) atoms. The summed E-state index contributed by atoms with van der Waals surface area (Å²) in [4.78, 5) is 13.1. The van der Waals surface area contributed by atoms with Crippen LogP contribution in [0.4, 0.5) is 5.69 Å². The number of rotatable bonds is 6. The summed E-state index contributed by atoms with van der Waals surface area (Å²) in [6, 6.07) is 20.1. The van der Waals surface area contributed by atoms with Crippen molar-refractivity contribution in [2.75, 3.05) is 19.5 Å². The number of anilines is 1. The van der Waals surface area contributed by atoms with E-state index in [0.717, 1.165) is 22.2 Å². The van der Waals surface area contributed by atoms with Crippen LogP contribution in [0.15, 0.2) is 66.7 Å². The Morgan fingerprint density at radius 3 is 2.52 bits per heavy atom. The fourth-order valence-corrected chi connectivity index (χ4v) is 3.64. The second-order valence-corrected chi connectivity index (χ2v) is 7.49. The molecule has 0 aliphatic heterocycles. The molecule has 7 heteroatoms. The summed E-state index contributed by atoms with van der Waals surface area (Å²) in [7, 11) is 3.12. The molecule has 0 aliphatic rings. The highest BCUT2D eigenvalue weighted by Gasteiger charge is 2.22. The van der Waals surface area contributed by atoms with Crippen molar-refractivity contribution in [1.29, 1.82) is 0 Å². The second kappa shape index (κ2) is 8.70. The van der Waals surface area contributed by atoms with Crippen LogP contribution >= 0.6 is 11.6 Å². The molecule has 4 aromatic rings. The number of amides is 1. The minimum Gasteiger partial charge on any atom is -0.497 e. The van der Waals surface area contributed by atoms with E-state index in [2.05, 4.69) is 5.32 Å². The molecule has 1 heterocycles. The highest BCUT2D eigenvalue weighted by molar-refractivity contribution is 6.31. The van der Waals surface area contributed by atoms with Crippen LogP contribution in [0.1, 0.15) is 13.0 Å². The SMILES string of the molecule is COc1ccc(NC(=O)[C@H](C)n2nc(-c3ccccc3)c3cc(Cl)ccc32)c(OC)c1. The van der Waals surface area contributed by atoms with E-state index in [1.165, 1.54) is 0 Å². The zero-order valence-corrected chi connectivity index (χ0v) is 18.2. The van der Waals surface area contributed by atoms with Crippen LogP contribution in [0.5, 0.6) is 11.5 Å². The van der Waals surface area contributed by atoms with Crippen molar-refractivity contribution in [3.8, 4) is 22.8 Å². The topological polar surface area (TPSA) is 65.4 Å². The van der Waals surface area contributed by atoms with E-state index in [-0.39, 0.29) is 5.91 Å². The molecule has 0 radical (unpaired) electrons. The van der Waals surface area contributed by atoms with Gasteiger partial charge in [0, 0.05) is 22.0 Å². The van der Waals surface area contributed by atoms with E-state index >= 15 is 0 Å². The number of hydrogen-bond acceptors (Lipinski definition) is 4. The predicted octanol–water partition coefficient (Wildman–Crippen LogP) is 5.57. The molecule has 0 saturated heterocycles. The number of nitrogens with zero attached hydrogens (tertiary/aromatic N) is 2. The van der Waals surface area contributed by atoms with Crippen molar-refractivity contribution in [3.63, 3.8) is 0 Å². The van der Waals surface area contributed by atoms with Crippen LogP contribution in [0.3, 0.4) is 0 Å². The Morgan fingerprint density at radius 1 is 1.03 bits per heavy atom. The lowest BCUT2D eigenvalue weighted by Gasteiger charge is -2.16. The molecule has 0 fully saturated rings. The second-order valence-electron chi connectivity index (χ2n) is 7.05. The first-order valence-corrected chi connectivity index (χ1v) is 10.2. The van der Waals surface area contributed by atoms with Crippen molar-refractivity contribution < 1.29 is 14.3 Å². The average Bonchev–Trinajstić information content (AvgIpc) is 3.17. The van der Waals surface area contributed by atoms with E-state index in [4.69, 9.17) is 26.2 Å². The van der Waals surface area contributed by atoms with Gasteiger partial charge in [0.2, 0.25) is 5.91 Å². The highest BCUT2D eigenvalue weighted by atomic mass is 35.5. The summed E-state index contributed by atoms with van der Waals surface area (Å²) in [5, 5.41) is 9.21. The van der Waals surface area contributed by atoms with Crippen LogP contribution in [-0.4, -0.2) is 29.9 Å². The molecule has 1 aromatic heterocycles. The molecule has 0 bridgehead atoms. The molecule has 0 unspecified atom stereocenters. The fraction of sp³-hybridized carbons (Fsp3) is 0.167. The number of hydrogen-bond donors (Lipinski definition) is 1. The van der Waals surface area contributed by atoms with E-state index in [9.17, 15) is 4.79 Å². The van der Waals surface area contributed by atoms with Gasteiger partial charge in [0.05, 0.1) is 25.4 Å². The van der Waals surface area contributed by atoms with Gasteiger partial charge in [-0.05, 0) is 37.3 Å². The number of nitrogens with one attached hydrogen (secondary N) is 1. The Kier molecular flexibility index (Phi) is 5.82. The lowest BCUT2D eigenvalue weighted by atomic mass is 10.1. The first kappa shape index (κ1) is 20.8. The minimum absolute atomic E-state index is 0.220. The van der Waals surface area contributed by atoms with E-state index < -0.39 is 6.04 Å². The van der Waals surface area contributed by atoms with Crippen molar-refractivity contribution in [2.24, 2.45) is 0 Å². The maximum atomic E-state index is 13.1. The number of carbonyl (C=O) groups is 1. The molecule has 1 N–H and O–H groups in total. The van der Waals surface area contributed by atoms with Crippen molar-refractivity contribution in [1.82, 2.24) is 9.78 Å². The number of fused-ring (bicyclic) bond motifs is 1. The van der Waals surface area contributed by atoms with Gasteiger partial charge in [-0.3, -0.25) is 9.48 Å². The number of halogens is 1. The molecular formula is C24H22ClN3O3. The minimum atomic E-state index is -0.576. The Labute approximate surface area is 185 Å². The van der Waals surface area contributed by atoms with Gasteiger partial charge < -0.3 is 14.8 Å². The predicted molar refractivity (Wildman–Crippen MR) is 123 cm³/mol. The molecule has 1 amide bonds. The molecule has 4 rings (SSSR count). The summed E-state index contributed by atoms with van der Waals surface area (Å²) in [6.07, 6.45) is 0. The Balaban J connectivity index is 1.71. The molecule has 158 valence electrons. The number of carbonyl (C=O) groups excluding carboxylic acids is 1. The van der Waals surface area contributed by atoms with E-state index in [1.54, 1.807) is 50.1 Å². The Bertz CT molecular complexity index is 1240. The summed E-state index contributed by atoms with van der Waals surface area (Å²) in [6.45, 7) is 1.81. The molecule has 0 aliphatic carbocycles. The number of aromatic nitrogens is 2. The van der Waals surface area contributed by atoms with Gasteiger partial charge >= 0.3 is 0 Å². The largest absolute Gasteiger partial charge is 0.497 e.